The highest BCUT2D eigenvalue weighted by Gasteiger charge is 2.25. The molecule has 0 spiro atoms. The number of hydrogen-bond donors (Lipinski definition) is 1. The Bertz CT molecular complexity index is 432. The summed E-state index contributed by atoms with van der Waals surface area (Å²) in [6.45, 7) is 2.61. The van der Waals surface area contributed by atoms with Gasteiger partial charge in [-0.25, -0.2) is 9.97 Å². The number of rotatable bonds is 4. The van der Waals surface area contributed by atoms with Crippen molar-refractivity contribution < 1.29 is 4.79 Å². The highest BCUT2D eigenvalue weighted by Crippen LogP contribution is 2.22. The van der Waals surface area contributed by atoms with Crippen LogP contribution in [-0.4, -0.2) is 47.5 Å². The third-order valence-corrected chi connectivity index (χ3v) is 3.85. The average molecular weight is 283 g/mol. The normalized spacial score (nSPS) is 16.6. The predicted molar refractivity (Wildman–Crippen MR) is 74.2 cm³/mol. The van der Waals surface area contributed by atoms with Crippen molar-refractivity contribution in [3.8, 4) is 0 Å². The van der Waals surface area contributed by atoms with Gasteiger partial charge in [-0.05, 0) is 38.8 Å². The summed E-state index contributed by atoms with van der Waals surface area (Å²) < 4.78 is 0. The smallest absolute Gasteiger partial charge is 0.274 e. The zero-order chi connectivity index (χ0) is 13.7. The molecule has 5 nitrogen and oxygen atoms in total. The van der Waals surface area contributed by atoms with Gasteiger partial charge in [-0.1, -0.05) is 11.6 Å². The topological polar surface area (TPSA) is 58.1 Å². The molecular formula is C13H19ClN4O. The lowest BCUT2D eigenvalue weighted by Gasteiger charge is -2.31. The van der Waals surface area contributed by atoms with Crippen molar-refractivity contribution in [1.29, 1.82) is 0 Å². The minimum Gasteiger partial charge on any atom is -0.337 e. The molecule has 1 aromatic rings. The van der Waals surface area contributed by atoms with Crippen LogP contribution in [0.4, 0.5) is 0 Å². The maximum Gasteiger partial charge on any atom is 0.274 e. The molecule has 0 aromatic carbocycles. The van der Waals surface area contributed by atoms with E-state index in [2.05, 4.69) is 15.3 Å². The molecule has 6 heteroatoms. The molecule has 1 aliphatic rings. The molecule has 1 amide bonds. The minimum absolute atomic E-state index is 0.0838. The van der Waals surface area contributed by atoms with Gasteiger partial charge in [0.25, 0.3) is 5.91 Å². The molecular weight excluding hydrogens is 264 g/mol. The van der Waals surface area contributed by atoms with Crippen LogP contribution in [0.5, 0.6) is 0 Å². The summed E-state index contributed by atoms with van der Waals surface area (Å²) in [5.74, 6) is 0.622. The maximum absolute atomic E-state index is 12.3. The fourth-order valence-corrected chi connectivity index (χ4v) is 2.58. The monoisotopic (exact) mass is 282 g/mol. The summed E-state index contributed by atoms with van der Waals surface area (Å²) in [5, 5.41) is 3.49. The molecule has 0 atom stereocenters. The van der Waals surface area contributed by atoms with Crippen LogP contribution in [0.15, 0.2) is 12.5 Å². The van der Waals surface area contributed by atoms with Gasteiger partial charge in [0, 0.05) is 19.3 Å². The number of hydrogen-bond acceptors (Lipinski definition) is 4. The summed E-state index contributed by atoms with van der Waals surface area (Å²) in [4.78, 5) is 21.9. The molecule has 0 bridgehead atoms. The van der Waals surface area contributed by atoms with E-state index >= 15 is 0 Å². The molecule has 104 valence electrons. The van der Waals surface area contributed by atoms with Crippen LogP contribution < -0.4 is 5.32 Å². The first-order chi connectivity index (χ1) is 9.22. The lowest BCUT2D eigenvalue weighted by atomic mass is 9.93. The van der Waals surface area contributed by atoms with Crippen LogP contribution in [0, 0.1) is 5.92 Å². The zero-order valence-corrected chi connectivity index (χ0v) is 11.9. The SMILES string of the molecule is CNCCC1CCN(C(=O)c2ncncc2Cl)CC1. The van der Waals surface area contributed by atoms with Crippen molar-refractivity contribution in [1.82, 2.24) is 20.2 Å². The summed E-state index contributed by atoms with van der Waals surface area (Å²) in [5.41, 5.74) is 0.311. The molecule has 0 saturated carbocycles. The van der Waals surface area contributed by atoms with E-state index in [1.54, 1.807) is 0 Å². The Labute approximate surface area is 118 Å². The van der Waals surface area contributed by atoms with Crippen LogP contribution in [0.1, 0.15) is 29.8 Å². The summed E-state index contributed by atoms with van der Waals surface area (Å²) in [6, 6.07) is 0. The molecule has 0 unspecified atom stereocenters. The highest BCUT2D eigenvalue weighted by molar-refractivity contribution is 6.33. The van der Waals surface area contributed by atoms with Crippen molar-refractivity contribution in [3.05, 3.63) is 23.2 Å². The first-order valence-corrected chi connectivity index (χ1v) is 6.99. The number of carbonyl (C=O) groups excluding carboxylic acids is 1. The Hall–Kier alpha value is -1.20. The largest absolute Gasteiger partial charge is 0.337 e. The van der Waals surface area contributed by atoms with Gasteiger partial charge in [-0.2, -0.15) is 0 Å². The van der Waals surface area contributed by atoms with Crippen molar-refractivity contribution >= 4 is 17.5 Å². The maximum atomic E-state index is 12.3. The van der Waals surface area contributed by atoms with Crippen LogP contribution in [-0.2, 0) is 0 Å². The highest BCUT2D eigenvalue weighted by atomic mass is 35.5. The second kappa shape index (κ2) is 6.82. The van der Waals surface area contributed by atoms with Crippen LogP contribution in [0.25, 0.3) is 0 Å². The fraction of sp³-hybridized carbons (Fsp3) is 0.615. The third-order valence-electron chi connectivity index (χ3n) is 3.57. The number of halogens is 1. The molecule has 1 saturated heterocycles. The number of piperidine rings is 1. The Balaban J connectivity index is 1.91. The zero-order valence-electron chi connectivity index (χ0n) is 11.1. The van der Waals surface area contributed by atoms with Crippen LogP contribution >= 0.6 is 11.6 Å². The van der Waals surface area contributed by atoms with E-state index in [1.165, 1.54) is 18.9 Å². The van der Waals surface area contributed by atoms with E-state index in [1.807, 2.05) is 11.9 Å². The van der Waals surface area contributed by atoms with Crippen molar-refractivity contribution in [2.24, 2.45) is 5.92 Å². The van der Waals surface area contributed by atoms with Crippen LogP contribution in [0.3, 0.4) is 0 Å². The first-order valence-electron chi connectivity index (χ1n) is 6.61. The molecule has 1 aromatic heterocycles. The van der Waals surface area contributed by atoms with Crippen molar-refractivity contribution in [3.63, 3.8) is 0 Å². The van der Waals surface area contributed by atoms with E-state index in [-0.39, 0.29) is 5.91 Å². The van der Waals surface area contributed by atoms with E-state index < -0.39 is 0 Å². The van der Waals surface area contributed by atoms with Gasteiger partial charge in [0.15, 0.2) is 0 Å². The lowest BCUT2D eigenvalue weighted by Crippen LogP contribution is -2.39. The molecule has 0 aliphatic carbocycles. The Kier molecular flexibility index (Phi) is 5.10. The van der Waals surface area contributed by atoms with Gasteiger partial charge >= 0.3 is 0 Å². The van der Waals surface area contributed by atoms with Crippen molar-refractivity contribution in [2.45, 2.75) is 19.3 Å². The lowest BCUT2D eigenvalue weighted by molar-refractivity contribution is 0.0681. The van der Waals surface area contributed by atoms with Crippen LogP contribution in [0.2, 0.25) is 5.02 Å². The molecule has 1 fully saturated rings. The number of aromatic nitrogens is 2. The van der Waals surface area contributed by atoms with E-state index in [9.17, 15) is 4.79 Å². The number of amides is 1. The van der Waals surface area contributed by atoms with Gasteiger partial charge in [0.1, 0.15) is 12.0 Å². The molecule has 1 aliphatic heterocycles. The van der Waals surface area contributed by atoms with Gasteiger partial charge in [-0.3, -0.25) is 4.79 Å². The quantitative estimate of drug-likeness (QED) is 0.911. The van der Waals surface area contributed by atoms with Gasteiger partial charge in [0.05, 0.1) is 5.02 Å². The van der Waals surface area contributed by atoms with E-state index in [0.717, 1.165) is 32.5 Å². The van der Waals surface area contributed by atoms with Gasteiger partial charge < -0.3 is 10.2 Å². The van der Waals surface area contributed by atoms with E-state index in [0.29, 0.717) is 16.6 Å². The Morgan fingerprint density at radius 1 is 1.53 bits per heavy atom. The predicted octanol–water partition coefficient (Wildman–Crippen LogP) is 1.59. The second-order valence-electron chi connectivity index (χ2n) is 4.85. The molecule has 2 heterocycles. The number of carbonyl (C=O) groups is 1. The Morgan fingerprint density at radius 2 is 2.26 bits per heavy atom. The average Bonchev–Trinajstić information content (AvgIpc) is 2.45. The van der Waals surface area contributed by atoms with Crippen molar-refractivity contribution in [2.75, 3.05) is 26.7 Å². The second-order valence-corrected chi connectivity index (χ2v) is 5.25. The molecule has 2 rings (SSSR count). The Morgan fingerprint density at radius 3 is 2.89 bits per heavy atom. The van der Waals surface area contributed by atoms with Gasteiger partial charge in [0.2, 0.25) is 0 Å². The molecule has 1 N–H and O–H groups in total. The molecule has 19 heavy (non-hydrogen) atoms. The summed E-state index contributed by atoms with van der Waals surface area (Å²) in [6.07, 6.45) is 6.10. The number of nitrogens with zero attached hydrogens (tertiary/aromatic N) is 3. The third kappa shape index (κ3) is 3.64. The fourth-order valence-electron chi connectivity index (χ4n) is 2.39. The number of likely N-dealkylation sites (tertiary alicyclic amines) is 1. The minimum atomic E-state index is -0.0838. The summed E-state index contributed by atoms with van der Waals surface area (Å²) >= 11 is 5.95. The standard InChI is InChI=1S/C13H19ClN4O/c1-15-5-2-10-3-6-18(7-4-10)13(19)12-11(14)8-16-9-17-12/h8-10,15H,2-7H2,1H3. The molecule has 0 radical (unpaired) electrons. The van der Waals surface area contributed by atoms with E-state index in [4.69, 9.17) is 11.6 Å². The van der Waals surface area contributed by atoms with Gasteiger partial charge in [-0.15, -0.1) is 0 Å². The summed E-state index contributed by atoms with van der Waals surface area (Å²) in [7, 11) is 1.97. The number of nitrogens with one attached hydrogen (secondary N) is 1. The first kappa shape index (κ1) is 14.2.